The number of ether oxygens (including phenoxy) is 1. The molecule has 0 aliphatic rings. The van der Waals surface area contributed by atoms with E-state index in [1.165, 1.54) is 20.9 Å². The van der Waals surface area contributed by atoms with Crippen molar-refractivity contribution >= 4 is 11.9 Å². The van der Waals surface area contributed by atoms with Crippen molar-refractivity contribution in [3.8, 4) is 11.8 Å². The van der Waals surface area contributed by atoms with Gasteiger partial charge in [-0.1, -0.05) is 0 Å². The predicted octanol–water partition coefficient (Wildman–Crippen LogP) is 1.26. The van der Waals surface area contributed by atoms with E-state index in [2.05, 4.69) is 0 Å². The lowest BCUT2D eigenvalue weighted by Gasteiger charge is -2.31. The van der Waals surface area contributed by atoms with Gasteiger partial charge in [0.1, 0.15) is 11.3 Å². The van der Waals surface area contributed by atoms with Crippen molar-refractivity contribution in [2.45, 2.75) is 19.4 Å². The molecule has 1 aromatic rings. The molecule has 1 rings (SSSR count). The molecule has 0 heterocycles. The van der Waals surface area contributed by atoms with Gasteiger partial charge in [0, 0.05) is 7.05 Å². The minimum atomic E-state index is -1.30. The number of carboxylic acids is 1. The van der Waals surface area contributed by atoms with Gasteiger partial charge in [0.25, 0.3) is 5.91 Å². The average Bonchev–Trinajstić information content (AvgIpc) is 2.44. The maximum atomic E-state index is 11.9. The minimum absolute atomic E-state index is 0.265. The zero-order valence-corrected chi connectivity index (χ0v) is 11.6. The van der Waals surface area contributed by atoms with Gasteiger partial charge in [-0.15, -0.1) is 0 Å². The molecule has 0 aliphatic carbocycles. The van der Waals surface area contributed by atoms with E-state index in [1.807, 2.05) is 6.07 Å². The van der Waals surface area contributed by atoms with Gasteiger partial charge in [0.05, 0.1) is 11.6 Å². The Morgan fingerprint density at radius 1 is 1.35 bits per heavy atom. The van der Waals surface area contributed by atoms with Crippen LogP contribution in [0.1, 0.15) is 19.4 Å². The zero-order chi connectivity index (χ0) is 15.3. The van der Waals surface area contributed by atoms with E-state index in [9.17, 15) is 9.59 Å². The fraction of sp³-hybridized carbons (Fsp3) is 0.357. The number of rotatable bonds is 5. The molecule has 6 heteroatoms. The van der Waals surface area contributed by atoms with E-state index < -0.39 is 17.4 Å². The van der Waals surface area contributed by atoms with Crippen molar-refractivity contribution in [2.75, 3.05) is 13.7 Å². The molecule has 0 bridgehead atoms. The summed E-state index contributed by atoms with van der Waals surface area (Å²) in [6.45, 7) is 2.61. The lowest BCUT2D eigenvalue weighted by molar-refractivity contribution is -0.156. The first-order valence-electron chi connectivity index (χ1n) is 5.92. The smallest absolute Gasteiger partial charge is 0.329 e. The second kappa shape index (κ2) is 6.06. The molecule has 0 spiro atoms. The molecule has 1 amide bonds. The lowest BCUT2D eigenvalue weighted by Crippen LogP contribution is -2.52. The molecule has 1 N–H and O–H groups in total. The largest absolute Gasteiger partial charge is 0.484 e. The number of aliphatic carboxylic acids is 1. The first-order chi connectivity index (χ1) is 9.28. The van der Waals surface area contributed by atoms with E-state index in [1.54, 1.807) is 24.3 Å². The van der Waals surface area contributed by atoms with E-state index in [0.717, 1.165) is 4.90 Å². The number of carboxylic acid groups (broad SMARTS) is 1. The van der Waals surface area contributed by atoms with Gasteiger partial charge in [-0.25, -0.2) is 4.79 Å². The van der Waals surface area contributed by atoms with Crippen LogP contribution in [-0.4, -0.2) is 41.1 Å². The number of amides is 1. The molecule has 0 fully saturated rings. The van der Waals surface area contributed by atoms with Gasteiger partial charge in [-0.2, -0.15) is 5.26 Å². The summed E-state index contributed by atoms with van der Waals surface area (Å²) >= 11 is 0. The molecule has 1 aromatic carbocycles. The molecule has 0 atom stereocenters. The SMILES string of the molecule is CN(C(=O)COc1ccc(C#N)cc1)C(C)(C)C(=O)O. The highest BCUT2D eigenvalue weighted by Crippen LogP contribution is 2.15. The van der Waals surface area contributed by atoms with E-state index in [4.69, 9.17) is 15.1 Å². The average molecular weight is 276 g/mol. The Labute approximate surface area is 117 Å². The normalized spacial score (nSPS) is 10.5. The highest BCUT2D eigenvalue weighted by molar-refractivity contribution is 5.86. The second-order valence-electron chi connectivity index (χ2n) is 4.74. The molecule has 0 aromatic heterocycles. The van der Waals surface area contributed by atoms with Crippen LogP contribution in [0.3, 0.4) is 0 Å². The van der Waals surface area contributed by atoms with Crippen molar-refractivity contribution in [1.29, 1.82) is 5.26 Å². The molecule has 0 saturated carbocycles. The first-order valence-corrected chi connectivity index (χ1v) is 5.92. The topological polar surface area (TPSA) is 90.6 Å². The summed E-state index contributed by atoms with van der Waals surface area (Å²) in [4.78, 5) is 24.0. The third kappa shape index (κ3) is 3.48. The maximum Gasteiger partial charge on any atom is 0.329 e. The number of carbonyl (C=O) groups excluding carboxylic acids is 1. The van der Waals surface area contributed by atoms with Gasteiger partial charge in [-0.05, 0) is 38.1 Å². The standard InChI is InChI=1S/C14H16N2O4/c1-14(2,13(18)19)16(3)12(17)9-20-11-6-4-10(8-15)5-7-11/h4-7H,9H2,1-3H3,(H,18,19). The van der Waals surface area contributed by atoms with Crippen LogP contribution in [0, 0.1) is 11.3 Å². The Hall–Kier alpha value is -2.55. The molecular formula is C14H16N2O4. The number of hydrogen-bond acceptors (Lipinski definition) is 4. The molecule has 0 radical (unpaired) electrons. The van der Waals surface area contributed by atoms with Gasteiger partial charge in [-0.3, -0.25) is 4.79 Å². The fourth-order valence-corrected chi connectivity index (χ4v) is 1.32. The summed E-state index contributed by atoms with van der Waals surface area (Å²) < 4.78 is 5.27. The fourth-order valence-electron chi connectivity index (χ4n) is 1.32. The molecule has 20 heavy (non-hydrogen) atoms. The Morgan fingerprint density at radius 3 is 2.35 bits per heavy atom. The molecule has 0 saturated heterocycles. The quantitative estimate of drug-likeness (QED) is 0.874. The third-order valence-electron chi connectivity index (χ3n) is 3.08. The summed E-state index contributed by atoms with van der Waals surface area (Å²) in [6, 6.07) is 8.28. The minimum Gasteiger partial charge on any atom is -0.484 e. The molecule has 0 unspecified atom stereocenters. The van der Waals surface area contributed by atoms with Crippen LogP contribution in [0.4, 0.5) is 0 Å². The van der Waals surface area contributed by atoms with Gasteiger partial charge < -0.3 is 14.7 Å². The summed E-state index contributed by atoms with van der Waals surface area (Å²) in [5.41, 5.74) is -0.807. The summed E-state index contributed by atoms with van der Waals surface area (Å²) in [6.07, 6.45) is 0. The zero-order valence-electron chi connectivity index (χ0n) is 11.6. The number of likely N-dealkylation sites (N-methyl/N-ethyl adjacent to an activating group) is 1. The Balaban J connectivity index is 2.63. The van der Waals surface area contributed by atoms with Crippen LogP contribution in [0.2, 0.25) is 0 Å². The van der Waals surface area contributed by atoms with Gasteiger partial charge in [0.2, 0.25) is 0 Å². The first kappa shape index (κ1) is 15.5. The summed E-state index contributed by atoms with van der Waals surface area (Å²) in [7, 11) is 1.42. The maximum absolute atomic E-state index is 11.9. The van der Waals surface area contributed by atoms with Crippen molar-refractivity contribution in [1.82, 2.24) is 4.90 Å². The Kier molecular flexibility index (Phi) is 4.70. The van der Waals surface area contributed by atoms with Crippen LogP contribution >= 0.6 is 0 Å². The van der Waals surface area contributed by atoms with Crippen LogP contribution in [0.25, 0.3) is 0 Å². The number of nitrogens with zero attached hydrogens (tertiary/aromatic N) is 2. The van der Waals surface area contributed by atoms with Crippen molar-refractivity contribution < 1.29 is 19.4 Å². The molecular weight excluding hydrogens is 260 g/mol. The second-order valence-corrected chi connectivity index (χ2v) is 4.74. The molecule has 6 nitrogen and oxygen atoms in total. The Morgan fingerprint density at radius 2 is 1.90 bits per heavy atom. The van der Waals surface area contributed by atoms with E-state index in [0.29, 0.717) is 11.3 Å². The van der Waals surface area contributed by atoms with Crippen LogP contribution in [-0.2, 0) is 9.59 Å². The van der Waals surface area contributed by atoms with Crippen LogP contribution in [0.5, 0.6) is 5.75 Å². The number of nitriles is 1. The predicted molar refractivity (Wildman–Crippen MR) is 71.1 cm³/mol. The highest BCUT2D eigenvalue weighted by Gasteiger charge is 2.35. The third-order valence-corrected chi connectivity index (χ3v) is 3.08. The van der Waals surface area contributed by atoms with Crippen molar-refractivity contribution in [2.24, 2.45) is 0 Å². The molecule has 0 aliphatic heterocycles. The monoisotopic (exact) mass is 276 g/mol. The van der Waals surface area contributed by atoms with Crippen LogP contribution in [0.15, 0.2) is 24.3 Å². The van der Waals surface area contributed by atoms with Crippen molar-refractivity contribution in [3.05, 3.63) is 29.8 Å². The number of hydrogen-bond donors (Lipinski definition) is 1. The lowest BCUT2D eigenvalue weighted by atomic mass is 10.0. The van der Waals surface area contributed by atoms with Crippen molar-refractivity contribution in [3.63, 3.8) is 0 Å². The Bertz CT molecular complexity index is 543. The molecule has 106 valence electrons. The van der Waals surface area contributed by atoms with Crippen LogP contribution < -0.4 is 4.74 Å². The van der Waals surface area contributed by atoms with E-state index >= 15 is 0 Å². The van der Waals surface area contributed by atoms with Gasteiger partial charge >= 0.3 is 5.97 Å². The number of carbonyl (C=O) groups is 2. The van der Waals surface area contributed by atoms with E-state index in [-0.39, 0.29) is 6.61 Å². The summed E-state index contributed by atoms with van der Waals surface area (Å²) in [5, 5.41) is 17.7. The number of benzene rings is 1. The highest BCUT2D eigenvalue weighted by atomic mass is 16.5. The summed E-state index contributed by atoms with van der Waals surface area (Å²) in [5.74, 6) is -1.09. The van der Waals surface area contributed by atoms with Gasteiger partial charge in [0.15, 0.2) is 6.61 Å².